The van der Waals surface area contributed by atoms with Gasteiger partial charge >= 0.3 is 6.09 Å². The highest BCUT2D eigenvalue weighted by Gasteiger charge is 2.45. The molecule has 2 fully saturated rings. The molecule has 0 spiro atoms. The molecule has 1 saturated carbocycles. The van der Waals surface area contributed by atoms with Crippen LogP contribution >= 0.6 is 0 Å². The summed E-state index contributed by atoms with van der Waals surface area (Å²) in [5, 5.41) is 9.49. The van der Waals surface area contributed by atoms with Crippen LogP contribution in [0.15, 0.2) is 78.9 Å². The quantitative estimate of drug-likeness (QED) is 0.419. The van der Waals surface area contributed by atoms with E-state index in [4.69, 9.17) is 4.74 Å². The normalized spacial score (nSPS) is 22.9. The molecule has 178 valence electrons. The van der Waals surface area contributed by atoms with Crippen LogP contribution in [0.25, 0.3) is 16.7 Å². The SMILES string of the molecule is N#CC1(c2ccc(C3=CC4CCC(C3)N4C(=O)OCC3c4ccccc4-c4ccccc43)cc2)CC1. The number of carbonyl (C=O) groups excluding carboxylic acids is 1. The summed E-state index contributed by atoms with van der Waals surface area (Å²) in [6.45, 7) is 0.363. The maximum Gasteiger partial charge on any atom is 0.410 e. The molecule has 0 radical (unpaired) electrons. The number of rotatable bonds is 4. The van der Waals surface area contributed by atoms with Crippen molar-refractivity contribution in [3.8, 4) is 17.2 Å². The van der Waals surface area contributed by atoms with Crippen LogP contribution in [0.5, 0.6) is 0 Å². The van der Waals surface area contributed by atoms with E-state index in [1.165, 1.54) is 33.4 Å². The van der Waals surface area contributed by atoms with Gasteiger partial charge < -0.3 is 4.74 Å². The van der Waals surface area contributed by atoms with Gasteiger partial charge in [-0.3, -0.25) is 4.90 Å². The Kier molecular flexibility index (Phi) is 4.82. The summed E-state index contributed by atoms with van der Waals surface area (Å²) < 4.78 is 6.00. The van der Waals surface area contributed by atoms with Gasteiger partial charge in [-0.25, -0.2) is 4.79 Å². The monoisotopic (exact) mass is 472 g/mol. The predicted octanol–water partition coefficient (Wildman–Crippen LogP) is 6.81. The molecule has 7 rings (SSSR count). The third-order valence-corrected chi connectivity index (χ3v) is 8.71. The lowest BCUT2D eigenvalue weighted by Crippen LogP contribution is -2.43. The van der Waals surface area contributed by atoms with E-state index in [0.29, 0.717) is 6.61 Å². The molecule has 36 heavy (non-hydrogen) atoms. The zero-order valence-corrected chi connectivity index (χ0v) is 20.2. The molecule has 1 amide bonds. The van der Waals surface area contributed by atoms with Crippen LogP contribution in [-0.4, -0.2) is 29.7 Å². The van der Waals surface area contributed by atoms with Gasteiger partial charge in [0, 0.05) is 12.0 Å². The van der Waals surface area contributed by atoms with E-state index in [0.717, 1.165) is 37.7 Å². The Hall–Kier alpha value is -3.84. The second kappa shape index (κ2) is 8.10. The predicted molar refractivity (Wildman–Crippen MR) is 139 cm³/mol. The minimum Gasteiger partial charge on any atom is -0.448 e. The summed E-state index contributed by atoms with van der Waals surface area (Å²) in [4.78, 5) is 15.3. The first kappa shape index (κ1) is 21.4. The average Bonchev–Trinajstić information content (AvgIpc) is 3.60. The lowest BCUT2D eigenvalue weighted by Gasteiger charge is -2.33. The fourth-order valence-corrected chi connectivity index (χ4v) is 6.59. The minimum absolute atomic E-state index is 0.0802. The van der Waals surface area contributed by atoms with E-state index < -0.39 is 0 Å². The molecule has 2 heterocycles. The molecule has 0 aromatic heterocycles. The molecule has 3 aromatic rings. The van der Waals surface area contributed by atoms with Crippen molar-refractivity contribution in [1.82, 2.24) is 4.90 Å². The Bertz CT molecular complexity index is 1380. The molecule has 4 aliphatic rings. The van der Waals surface area contributed by atoms with E-state index in [2.05, 4.69) is 84.9 Å². The third kappa shape index (κ3) is 3.30. The van der Waals surface area contributed by atoms with Gasteiger partial charge in [-0.15, -0.1) is 0 Å². The van der Waals surface area contributed by atoms with Crippen molar-refractivity contribution in [3.05, 3.63) is 101 Å². The van der Waals surface area contributed by atoms with Gasteiger partial charge in [0.15, 0.2) is 0 Å². The highest BCUT2D eigenvalue weighted by molar-refractivity contribution is 5.79. The first-order chi connectivity index (χ1) is 17.7. The van der Waals surface area contributed by atoms with Gasteiger partial charge in [0.2, 0.25) is 0 Å². The summed E-state index contributed by atoms with van der Waals surface area (Å²) in [5.41, 5.74) is 8.36. The first-order valence-corrected chi connectivity index (χ1v) is 13.0. The fourth-order valence-electron chi connectivity index (χ4n) is 6.59. The highest BCUT2D eigenvalue weighted by atomic mass is 16.6. The highest BCUT2D eigenvalue weighted by Crippen LogP contribution is 2.48. The largest absolute Gasteiger partial charge is 0.448 e. The molecular weight excluding hydrogens is 444 g/mol. The summed E-state index contributed by atoms with van der Waals surface area (Å²) in [6.07, 6.45) is 6.83. The summed E-state index contributed by atoms with van der Waals surface area (Å²) in [7, 11) is 0. The van der Waals surface area contributed by atoms with E-state index in [9.17, 15) is 10.1 Å². The van der Waals surface area contributed by atoms with Crippen molar-refractivity contribution in [1.29, 1.82) is 5.26 Å². The average molecular weight is 473 g/mol. The molecule has 1 saturated heterocycles. The molecule has 2 aliphatic heterocycles. The molecule has 2 unspecified atom stereocenters. The Labute approximate surface area is 211 Å². The van der Waals surface area contributed by atoms with Crippen molar-refractivity contribution in [3.63, 3.8) is 0 Å². The Morgan fingerprint density at radius 3 is 2.22 bits per heavy atom. The molecule has 2 atom stereocenters. The number of hydrogen-bond donors (Lipinski definition) is 0. The van der Waals surface area contributed by atoms with Crippen molar-refractivity contribution < 1.29 is 9.53 Å². The number of hydrogen-bond acceptors (Lipinski definition) is 3. The van der Waals surface area contributed by atoms with E-state index in [1.54, 1.807) is 0 Å². The maximum atomic E-state index is 13.3. The van der Waals surface area contributed by atoms with E-state index >= 15 is 0 Å². The van der Waals surface area contributed by atoms with Crippen molar-refractivity contribution in [2.45, 2.75) is 55.5 Å². The molecular formula is C32H28N2O2. The van der Waals surface area contributed by atoms with Crippen LogP contribution in [0.4, 0.5) is 4.79 Å². The van der Waals surface area contributed by atoms with Gasteiger partial charge in [0.05, 0.1) is 17.5 Å². The van der Waals surface area contributed by atoms with Gasteiger partial charge in [-0.2, -0.15) is 5.26 Å². The second-order valence-corrected chi connectivity index (χ2v) is 10.7. The number of fused-ring (bicyclic) bond motifs is 5. The first-order valence-electron chi connectivity index (χ1n) is 13.0. The van der Waals surface area contributed by atoms with Gasteiger partial charge in [0.25, 0.3) is 0 Å². The van der Waals surface area contributed by atoms with Crippen LogP contribution in [0.1, 0.15) is 60.3 Å². The lowest BCUT2D eigenvalue weighted by molar-refractivity contribution is 0.0866. The van der Waals surface area contributed by atoms with Gasteiger partial charge in [0.1, 0.15) is 6.61 Å². The zero-order valence-electron chi connectivity index (χ0n) is 20.2. The van der Waals surface area contributed by atoms with Crippen molar-refractivity contribution in [2.75, 3.05) is 6.61 Å². The van der Waals surface area contributed by atoms with Gasteiger partial charge in [-0.05, 0) is 71.1 Å². The molecule has 2 aliphatic carbocycles. The third-order valence-electron chi connectivity index (χ3n) is 8.71. The number of amides is 1. The van der Waals surface area contributed by atoms with Crippen LogP contribution in [-0.2, 0) is 10.2 Å². The molecule has 4 nitrogen and oxygen atoms in total. The smallest absolute Gasteiger partial charge is 0.410 e. The summed E-state index contributed by atoms with van der Waals surface area (Å²) in [5.74, 6) is 0.0802. The molecule has 2 bridgehead atoms. The number of ether oxygens (including phenoxy) is 1. The summed E-state index contributed by atoms with van der Waals surface area (Å²) >= 11 is 0. The van der Waals surface area contributed by atoms with Gasteiger partial charge in [-0.1, -0.05) is 78.9 Å². The van der Waals surface area contributed by atoms with Crippen LogP contribution < -0.4 is 0 Å². The topological polar surface area (TPSA) is 53.3 Å². The second-order valence-electron chi connectivity index (χ2n) is 10.7. The van der Waals surface area contributed by atoms with Crippen LogP contribution in [0, 0.1) is 11.3 Å². The van der Waals surface area contributed by atoms with Crippen LogP contribution in [0.3, 0.4) is 0 Å². The fraction of sp³-hybridized carbons (Fsp3) is 0.312. The number of nitrogens with zero attached hydrogens (tertiary/aromatic N) is 2. The number of benzene rings is 3. The molecule has 3 aromatic carbocycles. The minimum atomic E-state index is -0.251. The summed E-state index contributed by atoms with van der Waals surface area (Å²) in [6, 6.07) is 28.2. The maximum absolute atomic E-state index is 13.3. The zero-order chi connectivity index (χ0) is 24.3. The lowest BCUT2D eigenvalue weighted by atomic mass is 9.91. The molecule has 0 N–H and O–H groups in total. The van der Waals surface area contributed by atoms with Crippen molar-refractivity contribution in [2.24, 2.45) is 0 Å². The standard InChI is InChI=1S/C32H28N2O2/c33-20-32(15-16-32)23-11-9-21(10-12-23)22-17-24-13-14-25(18-22)34(24)31(35)36-19-30-28-7-3-1-5-26(28)27-6-2-4-8-29(27)30/h1-12,17,24-25,30H,13-16,18-19H2. The van der Waals surface area contributed by atoms with E-state index in [-0.39, 0.29) is 29.5 Å². The van der Waals surface area contributed by atoms with Crippen LogP contribution in [0.2, 0.25) is 0 Å². The molecule has 4 heteroatoms. The number of nitriles is 1. The van der Waals surface area contributed by atoms with E-state index in [1.807, 2.05) is 4.90 Å². The number of carbonyl (C=O) groups is 1. The Morgan fingerprint density at radius 1 is 0.944 bits per heavy atom. The Balaban J connectivity index is 1.07. The van der Waals surface area contributed by atoms with Crippen molar-refractivity contribution >= 4 is 11.7 Å². The Morgan fingerprint density at radius 2 is 1.61 bits per heavy atom.